The molecule has 0 bridgehead atoms. The van der Waals surface area contributed by atoms with E-state index in [4.69, 9.17) is 14.3 Å². The molecule has 2 atom stereocenters. The van der Waals surface area contributed by atoms with Gasteiger partial charge in [-0.25, -0.2) is 10.3 Å². The van der Waals surface area contributed by atoms with Gasteiger partial charge < -0.3 is 14.8 Å². The maximum Gasteiger partial charge on any atom is 0.408 e. The number of hydrogen-bond donors (Lipinski definition) is 2. The van der Waals surface area contributed by atoms with Crippen LogP contribution in [0.5, 0.6) is 0 Å². The molecule has 2 aromatic carbocycles. The third-order valence-electron chi connectivity index (χ3n) is 4.62. The average molecular weight is 398 g/mol. The molecule has 1 heterocycles. The Morgan fingerprint density at radius 3 is 2.38 bits per heavy atom. The van der Waals surface area contributed by atoms with E-state index >= 15 is 0 Å². The SMILES string of the molecule is O=C(NC(Cc1ccccc1)C(=O)NOCC1CCOC1)OCc1ccccc1. The number of ether oxygens (including phenoxy) is 2. The lowest BCUT2D eigenvalue weighted by molar-refractivity contribution is -0.136. The predicted octanol–water partition coefficient (Wildman–Crippen LogP) is 2.61. The van der Waals surface area contributed by atoms with Crippen LogP contribution in [0.3, 0.4) is 0 Å². The van der Waals surface area contributed by atoms with Crippen molar-refractivity contribution in [3.8, 4) is 0 Å². The van der Waals surface area contributed by atoms with Crippen molar-refractivity contribution in [2.75, 3.05) is 19.8 Å². The lowest BCUT2D eigenvalue weighted by Gasteiger charge is -2.19. The van der Waals surface area contributed by atoms with Crippen molar-refractivity contribution in [3.63, 3.8) is 0 Å². The van der Waals surface area contributed by atoms with E-state index in [0.29, 0.717) is 26.2 Å². The van der Waals surface area contributed by atoms with Gasteiger partial charge in [0, 0.05) is 18.9 Å². The molecule has 7 nitrogen and oxygen atoms in total. The minimum absolute atomic E-state index is 0.129. The molecule has 2 N–H and O–H groups in total. The van der Waals surface area contributed by atoms with E-state index in [0.717, 1.165) is 17.5 Å². The second-order valence-electron chi connectivity index (χ2n) is 6.96. The van der Waals surface area contributed by atoms with Crippen molar-refractivity contribution in [2.24, 2.45) is 5.92 Å². The Labute approximate surface area is 170 Å². The molecule has 0 radical (unpaired) electrons. The maximum atomic E-state index is 12.6. The second kappa shape index (κ2) is 11.2. The van der Waals surface area contributed by atoms with Gasteiger partial charge in [0.15, 0.2) is 0 Å². The van der Waals surface area contributed by atoms with Gasteiger partial charge in [0.2, 0.25) is 0 Å². The highest BCUT2D eigenvalue weighted by Gasteiger charge is 2.23. The summed E-state index contributed by atoms with van der Waals surface area (Å²) in [6.45, 7) is 1.85. The zero-order chi connectivity index (χ0) is 20.3. The Balaban J connectivity index is 1.52. The minimum Gasteiger partial charge on any atom is -0.445 e. The Hall–Kier alpha value is -2.90. The number of carbonyl (C=O) groups is 2. The molecule has 7 heteroatoms. The number of amides is 2. The molecule has 29 heavy (non-hydrogen) atoms. The molecule has 0 spiro atoms. The highest BCUT2D eigenvalue weighted by atomic mass is 16.7. The summed E-state index contributed by atoms with van der Waals surface area (Å²) in [5.41, 5.74) is 4.23. The fourth-order valence-corrected chi connectivity index (χ4v) is 2.98. The van der Waals surface area contributed by atoms with Gasteiger partial charge in [-0.2, -0.15) is 0 Å². The monoisotopic (exact) mass is 398 g/mol. The molecule has 2 amide bonds. The van der Waals surface area contributed by atoms with Crippen LogP contribution in [0.2, 0.25) is 0 Å². The van der Waals surface area contributed by atoms with Gasteiger partial charge in [-0.1, -0.05) is 60.7 Å². The Morgan fingerprint density at radius 2 is 1.72 bits per heavy atom. The number of hydroxylamine groups is 1. The summed E-state index contributed by atoms with van der Waals surface area (Å²) in [6.07, 6.45) is 0.574. The highest BCUT2D eigenvalue weighted by Crippen LogP contribution is 2.12. The van der Waals surface area contributed by atoms with Crippen LogP contribution >= 0.6 is 0 Å². The number of carbonyl (C=O) groups excluding carboxylic acids is 2. The fraction of sp³-hybridized carbons (Fsp3) is 0.364. The van der Waals surface area contributed by atoms with Gasteiger partial charge in [-0.3, -0.25) is 9.63 Å². The molecular weight excluding hydrogens is 372 g/mol. The zero-order valence-electron chi connectivity index (χ0n) is 16.2. The molecule has 2 aromatic rings. The number of hydrogen-bond acceptors (Lipinski definition) is 5. The summed E-state index contributed by atoms with van der Waals surface area (Å²) < 4.78 is 10.5. The van der Waals surface area contributed by atoms with Crippen LogP contribution in [-0.2, 0) is 32.1 Å². The second-order valence-corrected chi connectivity index (χ2v) is 6.96. The van der Waals surface area contributed by atoms with Crippen molar-refractivity contribution in [2.45, 2.75) is 25.5 Å². The number of benzene rings is 2. The van der Waals surface area contributed by atoms with E-state index in [1.165, 1.54) is 0 Å². The van der Waals surface area contributed by atoms with Crippen molar-refractivity contribution >= 4 is 12.0 Å². The van der Waals surface area contributed by atoms with Crippen molar-refractivity contribution in [1.29, 1.82) is 0 Å². The quantitative estimate of drug-likeness (QED) is 0.634. The standard InChI is InChI=1S/C22H26N2O5/c25-21(24-29-16-19-11-12-27-14-19)20(13-17-7-3-1-4-8-17)23-22(26)28-15-18-9-5-2-6-10-18/h1-10,19-20H,11-16H2,(H,23,26)(H,24,25). The van der Waals surface area contributed by atoms with E-state index in [9.17, 15) is 9.59 Å². The van der Waals surface area contributed by atoms with Crippen LogP contribution in [0.25, 0.3) is 0 Å². The van der Waals surface area contributed by atoms with Crippen LogP contribution in [0.1, 0.15) is 17.5 Å². The van der Waals surface area contributed by atoms with Gasteiger partial charge in [0.25, 0.3) is 5.91 Å². The van der Waals surface area contributed by atoms with Crippen LogP contribution in [0, 0.1) is 5.92 Å². The topological polar surface area (TPSA) is 85.9 Å². The van der Waals surface area contributed by atoms with Crippen molar-refractivity contribution in [1.82, 2.24) is 10.8 Å². The lowest BCUT2D eigenvalue weighted by atomic mass is 10.1. The first-order valence-corrected chi connectivity index (χ1v) is 9.71. The minimum atomic E-state index is -0.819. The van der Waals surface area contributed by atoms with E-state index in [1.807, 2.05) is 60.7 Å². The van der Waals surface area contributed by atoms with Crippen molar-refractivity contribution < 1.29 is 23.9 Å². The van der Waals surface area contributed by atoms with Gasteiger partial charge in [0.1, 0.15) is 12.6 Å². The van der Waals surface area contributed by atoms with E-state index in [-0.39, 0.29) is 12.5 Å². The highest BCUT2D eigenvalue weighted by molar-refractivity contribution is 5.85. The summed E-state index contributed by atoms with van der Waals surface area (Å²) in [7, 11) is 0. The molecule has 0 saturated carbocycles. The maximum absolute atomic E-state index is 12.6. The molecule has 2 unspecified atom stereocenters. The first-order chi connectivity index (χ1) is 14.2. The average Bonchev–Trinajstić information content (AvgIpc) is 3.27. The first kappa shape index (κ1) is 20.8. The molecule has 0 aromatic heterocycles. The van der Waals surface area contributed by atoms with Crippen LogP contribution < -0.4 is 10.8 Å². The predicted molar refractivity (Wildman–Crippen MR) is 107 cm³/mol. The molecule has 3 rings (SSSR count). The van der Waals surface area contributed by atoms with Crippen LogP contribution in [0.4, 0.5) is 4.79 Å². The summed E-state index contributed by atoms with van der Waals surface area (Å²) in [5.74, 6) is -0.156. The van der Waals surface area contributed by atoms with Gasteiger partial charge in [-0.15, -0.1) is 0 Å². The summed E-state index contributed by atoms with van der Waals surface area (Å²) >= 11 is 0. The van der Waals surface area contributed by atoms with Crippen LogP contribution in [0.15, 0.2) is 60.7 Å². The molecule has 1 fully saturated rings. The molecule has 1 aliphatic rings. The van der Waals surface area contributed by atoms with Crippen LogP contribution in [-0.4, -0.2) is 37.9 Å². The molecular formula is C22H26N2O5. The lowest BCUT2D eigenvalue weighted by Crippen LogP contribution is -2.48. The van der Waals surface area contributed by atoms with Crippen molar-refractivity contribution in [3.05, 3.63) is 71.8 Å². The Bertz CT molecular complexity index is 763. The Kier molecular flexibility index (Phi) is 8.03. The number of rotatable bonds is 9. The fourth-order valence-electron chi connectivity index (χ4n) is 2.98. The summed E-state index contributed by atoms with van der Waals surface area (Å²) in [5, 5.41) is 2.64. The summed E-state index contributed by atoms with van der Waals surface area (Å²) in [6, 6.07) is 18.0. The normalized spacial score (nSPS) is 16.8. The molecule has 1 aliphatic heterocycles. The summed E-state index contributed by atoms with van der Waals surface area (Å²) in [4.78, 5) is 30.2. The van der Waals surface area contributed by atoms with E-state index in [2.05, 4.69) is 10.8 Å². The van der Waals surface area contributed by atoms with Gasteiger partial charge >= 0.3 is 6.09 Å². The molecule has 1 saturated heterocycles. The third-order valence-corrected chi connectivity index (χ3v) is 4.62. The molecule has 0 aliphatic carbocycles. The largest absolute Gasteiger partial charge is 0.445 e. The molecule has 154 valence electrons. The van der Waals surface area contributed by atoms with E-state index < -0.39 is 18.0 Å². The zero-order valence-corrected chi connectivity index (χ0v) is 16.2. The van der Waals surface area contributed by atoms with Gasteiger partial charge in [0.05, 0.1) is 13.2 Å². The first-order valence-electron chi connectivity index (χ1n) is 9.71. The number of alkyl carbamates (subject to hydrolysis) is 1. The van der Waals surface area contributed by atoms with Gasteiger partial charge in [-0.05, 0) is 17.5 Å². The Morgan fingerprint density at radius 1 is 1.03 bits per heavy atom. The third kappa shape index (κ3) is 7.21. The number of nitrogens with one attached hydrogen (secondary N) is 2. The van der Waals surface area contributed by atoms with E-state index in [1.54, 1.807) is 0 Å². The smallest absolute Gasteiger partial charge is 0.408 e.